The molecule has 1 N–H and O–H groups in total. The third-order valence-electron chi connectivity index (χ3n) is 2.60. The van der Waals surface area contributed by atoms with E-state index >= 15 is 0 Å². The Morgan fingerprint density at radius 1 is 1.00 bits per heavy atom. The molecule has 0 atom stereocenters. The lowest BCUT2D eigenvalue weighted by Gasteiger charge is -2.09. The minimum absolute atomic E-state index is 0.123. The Kier molecular flexibility index (Phi) is 3.99. The van der Waals surface area contributed by atoms with E-state index in [1.165, 1.54) is 0 Å². The van der Waals surface area contributed by atoms with Crippen molar-refractivity contribution in [3.63, 3.8) is 0 Å². The molecule has 6 heteroatoms. The van der Waals surface area contributed by atoms with Crippen LogP contribution in [0.5, 0.6) is 0 Å². The highest BCUT2D eigenvalue weighted by molar-refractivity contribution is 6.33. The number of rotatable bonds is 2. The molecule has 0 aliphatic rings. The van der Waals surface area contributed by atoms with E-state index in [0.717, 1.165) is 24.3 Å². The van der Waals surface area contributed by atoms with Crippen LogP contribution in [0.2, 0.25) is 5.02 Å². The summed E-state index contributed by atoms with van der Waals surface area (Å²) in [6, 6.07) is 10.6. The van der Waals surface area contributed by atoms with Crippen LogP contribution >= 0.6 is 11.6 Å². The molecule has 0 aromatic heterocycles. The van der Waals surface area contributed by atoms with E-state index in [9.17, 15) is 18.0 Å². The number of alkyl halides is 3. The van der Waals surface area contributed by atoms with Crippen molar-refractivity contribution in [2.75, 3.05) is 5.32 Å². The number of hydrogen-bond acceptors (Lipinski definition) is 1. The Morgan fingerprint density at radius 3 is 2.15 bits per heavy atom. The summed E-state index contributed by atoms with van der Waals surface area (Å²) in [6.45, 7) is 0. The largest absolute Gasteiger partial charge is 0.416 e. The molecular weight excluding hydrogens is 291 g/mol. The zero-order chi connectivity index (χ0) is 14.8. The van der Waals surface area contributed by atoms with Crippen molar-refractivity contribution in [2.45, 2.75) is 6.18 Å². The molecule has 104 valence electrons. The number of carbonyl (C=O) groups is 1. The van der Waals surface area contributed by atoms with E-state index in [-0.39, 0.29) is 5.56 Å². The lowest BCUT2D eigenvalue weighted by molar-refractivity contribution is -0.137. The van der Waals surface area contributed by atoms with E-state index in [1.54, 1.807) is 24.3 Å². The van der Waals surface area contributed by atoms with Crippen molar-refractivity contribution < 1.29 is 18.0 Å². The monoisotopic (exact) mass is 299 g/mol. The number of carbonyl (C=O) groups excluding carboxylic acids is 1. The lowest BCUT2D eigenvalue weighted by Crippen LogP contribution is -2.13. The number of nitrogens with one attached hydrogen (secondary N) is 1. The van der Waals surface area contributed by atoms with Crippen molar-refractivity contribution in [1.29, 1.82) is 0 Å². The molecule has 0 heterocycles. The lowest BCUT2D eigenvalue weighted by atomic mass is 10.1. The summed E-state index contributed by atoms with van der Waals surface area (Å²) in [5.74, 6) is -0.521. The van der Waals surface area contributed by atoms with Gasteiger partial charge in [-0.15, -0.1) is 0 Å². The van der Waals surface area contributed by atoms with Crippen LogP contribution in [0.15, 0.2) is 48.5 Å². The predicted molar refractivity (Wildman–Crippen MR) is 70.8 cm³/mol. The Hall–Kier alpha value is -2.01. The maximum Gasteiger partial charge on any atom is 0.416 e. The number of para-hydroxylation sites is 1. The Labute approximate surface area is 118 Å². The Morgan fingerprint density at radius 2 is 1.60 bits per heavy atom. The molecule has 20 heavy (non-hydrogen) atoms. The third-order valence-corrected chi connectivity index (χ3v) is 2.93. The second-order valence-corrected chi connectivity index (χ2v) is 4.42. The van der Waals surface area contributed by atoms with Gasteiger partial charge in [0.05, 0.1) is 16.3 Å². The SMILES string of the molecule is O=C(Nc1ccccc1Cl)c1ccc(C(F)(F)F)cc1. The summed E-state index contributed by atoms with van der Waals surface area (Å²) < 4.78 is 37.2. The Balaban J connectivity index is 2.16. The molecule has 2 nitrogen and oxygen atoms in total. The van der Waals surface area contributed by atoms with E-state index < -0.39 is 17.6 Å². The fourth-order valence-corrected chi connectivity index (χ4v) is 1.75. The third kappa shape index (κ3) is 3.30. The molecular formula is C14H9ClF3NO. The van der Waals surface area contributed by atoms with E-state index in [2.05, 4.69) is 5.32 Å². The van der Waals surface area contributed by atoms with Gasteiger partial charge >= 0.3 is 6.18 Å². The highest BCUT2D eigenvalue weighted by atomic mass is 35.5. The van der Waals surface area contributed by atoms with E-state index in [1.807, 2.05) is 0 Å². The van der Waals surface area contributed by atoms with Gasteiger partial charge in [-0.05, 0) is 36.4 Å². The maximum atomic E-state index is 12.4. The van der Waals surface area contributed by atoms with Crippen molar-refractivity contribution in [2.24, 2.45) is 0 Å². The molecule has 0 bridgehead atoms. The molecule has 0 aliphatic heterocycles. The highest BCUT2D eigenvalue weighted by Gasteiger charge is 2.30. The molecule has 2 aromatic rings. The van der Waals surface area contributed by atoms with Gasteiger partial charge in [0, 0.05) is 5.56 Å². The number of anilines is 1. The molecule has 0 unspecified atom stereocenters. The van der Waals surface area contributed by atoms with E-state index in [4.69, 9.17) is 11.6 Å². The topological polar surface area (TPSA) is 29.1 Å². The summed E-state index contributed by atoms with van der Waals surface area (Å²) in [7, 11) is 0. The van der Waals surface area contributed by atoms with Crippen LogP contribution < -0.4 is 5.32 Å². The first kappa shape index (κ1) is 14.4. The average Bonchev–Trinajstić information content (AvgIpc) is 2.40. The van der Waals surface area contributed by atoms with Gasteiger partial charge in [-0.3, -0.25) is 4.79 Å². The molecule has 2 aromatic carbocycles. The van der Waals surface area contributed by atoms with Crippen molar-refractivity contribution in [3.8, 4) is 0 Å². The first-order valence-corrected chi connectivity index (χ1v) is 5.99. The van der Waals surface area contributed by atoms with E-state index in [0.29, 0.717) is 10.7 Å². The Bertz CT molecular complexity index is 623. The molecule has 0 spiro atoms. The minimum Gasteiger partial charge on any atom is -0.321 e. The number of halogens is 4. The van der Waals surface area contributed by atoms with Gasteiger partial charge < -0.3 is 5.32 Å². The second kappa shape index (κ2) is 5.54. The average molecular weight is 300 g/mol. The number of benzene rings is 2. The molecule has 0 saturated heterocycles. The summed E-state index contributed by atoms with van der Waals surface area (Å²) in [5.41, 5.74) is -0.274. The van der Waals surface area contributed by atoms with Crippen LogP contribution in [0.4, 0.5) is 18.9 Å². The molecule has 0 radical (unpaired) electrons. The fourth-order valence-electron chi connectivity index (χ4n) is 1.57. The number of amides is 1. The minimum atomic E-state index is -4.42. The molecule has 1 amide bonds. The zero-order valence-electron chi connectivity index (χ0n) is 10.0. The molecule has 0 aliphatic carbocycles. The van der Waals surface area contributed by atoms with Crippen molar-refractivity contribution in [3.05, 3.63) is 64.7 Å². The smallest absolute Gasteiger partial charge is 0.321 e. The van der Waals surface area contributed by atoms with Gasteiger partial charge in [-0.25, -0.2) is 0 Å². The van der Waals surface area contributed by atoms with Crippen LogP contribution in [0.3, 0.4) is 0 Å². The normalized spacial score (nSPS) is 11.2. The zero-order valence-corrected chi connectivity index (χ0v) is 10.8. The summed E-state index contributed by atoms with van der Waals surface area (Å²) >= 11 is 5.88. The van der Waals surface area contributed by atoms with Crippen LogP contribution in [-0.4, -0.2) is 5.91 Å². The second-order valence-electron chi connectivity index (χ2n) is 4.01. The predicted octanol–water partition coefficient (Wildman–Crippen LogP) is 4.61. The van der Waals surface area contributed by atoms with Crippen LogP contribution in [0.25, 0.3) is 0 Å². The quantitative estimate of drug-likeness (QED) is 0.862. The molecule has 0 fully saturated rings. The van der Waals surface area contributed by atoms with Gasteiger partial charge in [-0.2, -0.15) is 13.2 Å². The van der Waals surface area contributed by atoms with Crippen molar-refractivity contribution in [1.82, 2.24) is 0 Å². The van der Waals surface area contributed by atoms with Gasteiger partial charge in [0.15, 0.2) is 0 Å². The first-order valence-electron chi connectivity index (χ1n) is 5.61. The summed E-state index contributed by atoms with van der Waals surface area (Å²) in [6.07, 6.45) is -4.42. The summed E-state index contributed by atoms with van der Waals surface area (Å²) in [4.78, 5) is 11.9. The number of hydrogen-bond donors (Lipinski definition) is 1. The van der Waals surface area contributed by atoms with Gasteiger partial charge in [0.25, 0.3) is 5.91 Å². The van der Waals surface area contributed by atoms with Crippen LogP contribution in [0, 0.1) is 0 Å². The molecule has 2 rings (SSSR count). The summed E-state index contributed by atoms with van der Waals surface area (Å²) in [5, 5.41) is 2.89. The van der Waals surface area contributed by atoms with Gasteiger partial charge in [0.2, 0.25) is 0 Å². The first-order chi connectivity index (χ1) is 9.38. The van der Waals surface area contributed by atoms with Gasteiger partial charge in [-0.1, -0.05) is 23.7 Å². The fraction of sp³-hybridized carbons (Fsp3) is 0.0714. The highest BCUT2D eigenvalue weighted by Crippen LogP contribution is 2.29. The van der Waals surface area contributed by atoms with Gasteiger partial charge in [0.1, 0.15) is 0 Å². The van der Waals surface area contributed by atoms with Crippen LogP contribution in [-0.2, 0) is 6.18 Å². The molecule has 0 saturated carbocycles. The standard InChI is InChI=1S/C14H9ClF3NO/c15-11-3-1-2-4-12(11)19-13(20)9-5-7-10(8-6-9)14(16,17)18/h1-8H,(H,19,20). The van der Waals surface area contributed by atoms with Crippen LogP contribution in [0.1, 0.15) is 15.9 Å². The maximum absolute atomic E-state index is 12.4. The van der Waals surface area contributed by atoms with Crippen molar-refractivity contribution >= 4 is 23.2 Å².